The molecule has 0 radical (unpaired) electrons. The van der Waals surface area contributed by atoms with Crippen LogP contribution in [0.1, 0.15) is 36.7 Å². The Balaban J connectivity index is 1.76. The van der Waals surface area contributed by atoms with Gasteiger partial charge < -0.3 is 20.9 Å². The third-order valence-corrected chi connectivity index (χ3v) is 4.56. The number of carbonyl (C=O) groups excluding carboxylic acids is 2. The summed E-state index contributed by atoms with van der Waals surface area (Å²) >= 11 is 0. The van der Waals surface area contributed by atoms with E-state index in [4.69, 9.17) is 0 Å². The lowest BCUT2D eigenvalue weighted by Gasteiger charge is -2.18. The van der Waals surface area contributed by atoms with Crippen molar-refractivity contribution in [2.75, 3.05) is 28.6 Å². The van der Waals surface area contributed by atoms with Crippen molar-refractivity contribution in [2.24, 2.45) is 0 Å². The Bertz CT molecular complexity index is 848. The van der Waals surface area contributed by atoms with Gasteiger partial charge >= 0.3 is 6.03 Å². The van der Waals surface area contributed by atoms with Gasteiger partial charge in [-0.25, -0.2) is 4.79 Å². The van der Waals surface area contributed by atoms with Gasteiger partial charge in [0.1, 0.15) is 0 Å². The second-order valence-corrected chi connectivity index (χ2v) is 6.93. The molecule has 2 aromatic carbocycles. The summed E-state index contributed by atoms with van der Waals surface area (Å²) in [5, 5.41) is 8.46. The number of nitrogens with zero attached hydrogens (tertiary/aromatic N) is 1. The molecule has 0 atom stereocenters. The summed E-state index contributed by atoms with van der Waals surface area (Å²) in [4.78, 5) is 27.1. The molecule has 0 saturated heterocycles. The number of carbonyl (C=O) groups is 2. The summed E-state index contributed by atoms with van der Waals surface area (Å²) in [7, 11) is 0. The maximum atomic E-state index is 12.8. The molecule has 0 fully saturated rings. The monoisotopic (exact) mass is 366 g/mol. The standard InChI is InChI=1S/C21H26N4O2/c1-4-25-12-11-15-9-10-16(13-19(15)25)23-20(26)17-7-5-6-8-18(17)24-21(27)22-14(2)3/h5-10,13-14H,4,11-12H2,1-3H3,(H,23,26)(H2,22,24,27). The van der Waals surface area contributed by atoms with Crippen molar-refractivity contribution in [3.05, 3.63) is 53.6 Å². The van der Waals surface area contributed by atoms with Crippen LogP contribution in [0.25, 0.3) is 0 Å². The number of likely N-dealkylation sites (N-methyl/N-ethyl adjacent to an activating group) is 1. The molecule has 3 amide bonds. The normalized spacial score (nSPS) is 12.7. The molecule has 0 aliphatic carbocycles. The van der Waals surface area contributed by atoms with Gasteiger partial charge in [0.15, 0.2) is 0 Å². The van der Waals surface area contributed by atoms with E-state index in [0.29, 0.717) is 11.3 Å². The molecule has 0 aromatic heterocycles. The number of benzene rings is 2. The predicted molar refractivity (Wildman–Crippen MR) is 110 cm³/mol. The number of urea groups is 1. The molecular formula is C21H26N4O2. The van der Waals surface area contributed by atoms with Gasteiger partial charge in [0.2, 0.25) is 0 Å². The highest BCUT2D eigenvalue weighted by molar-refractivity contribution is 6.10. The first-order valence-corrected chi connectivity index (χ1v) is 9.33. The predicted octanol–water partition coefficient (Wildman–Crippen LogP) is 3.85. The van der Waals surface area contributed by atoms with E-state index in [-0.39, 0.29) is 18.0 Å². The SMILES string of the molecule is CCN1CCc2ccc(NC(=O)c3ccccc3NC(=O)NC(C)C)cc21. The number of hydrogen-bond acceptors (Lipinski definition) is 3. The third-order valence-electron chi connectivity index (χ3n) is 4.56. The highest BCUT2D eigenvalue weighted by Gasteiger charge is 2.19. The third kappa shape index (κ3) is 4.39. The van der Waals surface area contributed by atoms with E-state index in [1.807, 2.05) is 26.0 Å². The first-order chi connectivity index (χ1) is 13.0. The average Bonchev–Trinajstić information content (AvgIpc) is 3.03. The van der Waals surface area contributed by atoms with Crippen LogP contribution in [0.4, 0.5) is 21.9 Å². The van der Waals surface area contributed by atoms with E-state index in [1.165, 1.54) is 11.3 Å². The summed E-state index contributed by atoms with van der Waals surface area (Å²) in [5.41, 5.74) is 4.13. The largest absolute Gasteiger partial charge is 0.371 e. The van der Waals surface area contributed by atoms with Crippen molar-refractivity contribution in [3.63, 3.8) is 0 Å². The zero-order valence-electron chi connectivity index (χ0n) is 16.0. The highest BCUT2D eigenvalue weighted by Crippen LogP contribution is 2.31. The van der Waals surface area contributed by atoms with E-state index in [0.717, 1.165) is 25.2 Å². The van der Waals surface area contributed by atoms with Crippen LogP contribution in [0.5, 0.6) is 0 Å². The summed E-state index contributed by atoms with van der Waals surface area (Å²) < 4.78 is 0. The minimum Gasteiger partial charge on any atom is -0.371 e. The molecule has 0 bridgehead atoms. The summed E-state index contributed by atoms with van der Waals surface area (Å²) in [6, 6.07) is 12.7. The molecule has 1 aliphatic heterocycles. The van der Waals surface area contributed by atoms with Gasteiger partial charge in [0, 0.05) is 30.5 Å². The van der Waals surface area contributed by atoms with Crippen LogP contribution in [0.2, 0.25) is 0 Å². The number of anilines is 3. The number of nitrogens with one attached hydrogen (secondary N) is 3. The minimum absolute atomic E-state index is 0.0129. The van der Waals surface area contributed by atoms with Gasteiger partial charge in [-0.3, -0.25) is 4.79 Å². The van der Waals surface area contributed by atoms with Crippen molar-refractivity contribution in [1.29, 1.82) is 0 Å². The molecule has 2 aromatic rings. The van der Waals surface area contributed by atoms with Crippen LogP contribution >= 0.6 is 0 Å². The highest BCUT2D eigenvalue weighted by atomic mass is 16.2. The van der Waals surface area contributed by atoms with Crippen LogP contribution in [0.15, 0.2) is 42.5 Å². The van der Waals surface area contributed by atoms with Crippen molar-refractivity contribution < 1.29 is 9.59 Å². The molecule has 3 N–H and O–H groups in total. The molecule has 27 heavy (non-hydrogen) atoms. The van der Waals surface area contributed by atoms with Crippen LogP contribution in [-0.4, -0.2) is 31.1 Å². The number of amides is 3. The van der Waals surface area contributed by atoms with Gasteiger partial charge in [0.05, 0.1) is 11.3 Å². The Morgan fingerprint density at radius 1 is 1.11 bits per heavy atom. The zero-order chi connectivity index (χ0) is 19.4. The summed E-state index contributed by atoms with van der Waals surface area (Å²) in [5.74, 6) is -0.253. The van der Waals surface area contributed by atoms with Crippen LogP contribution < -0.4 is 20.9 Å². The fourth-order valence-electron chi connectivity index (χ4n) is 3.26. The molecule has 0 unspecified atom stereocenters. The first-order valence-electron chi connectivity index (χ1n) is 9.33. The Morgan fingerprint density at radius 2 is 1.89 bits per heavy atom. The molecule has 142 valence electrons. The lowest BCUT2D eigenvalue weighted by molar-refractivity contribution is 0.102. The smallest absolute Gasteiger partial charge is 0.319 e. The molecular weight excluding hydrogens is 340 g/mol. The Labute approximate surface area is 159 Å². The van der Waals surface area contributed by atoms with Gasteiger partial charge in [-0.2, -0.15) is 0 Å². The topological polar surface area (TPSA) is 73.5 Å². The Kier molecular flexibility index (Phi) is 5.64. The molecule has 0 saturated carbocycles. The molecule has 0 spiro atoms. The van der Waals surface area contributed by atoms with E-state index < -0.39 is 0 Å². The number of hydrogen-bond donors (Lipinski definition) is 3. The fraction of sp³-hybridized carbons (Fsp3) is 0.333. The summed E-state index contributed by atoms with van der Waals surface area (Å²) in [6.07, 6.45) is 1.04. The molecule has 3 rings (SSSR count). The van der Waals surface area contributed by atoms with Gasteiger partial charge in [-0.05, 0) is 57.0 Å². The second-order valence-electron chi connectivity index (χ2n) is 6.93. The quantitative estimate of drug-likeness (QED) is 0.752. The van der Waals surface area contributed by atoms with E-state index >= 15 is 0 Å². The van der Waals surface area contributed by atoms with Crippen molar-refractivity contribution in [1.82, 2.24) is 5.32 Å². The maximum absolute atomic E-state index is 12.8. The van der Waals surface area contributed by atoms with E-state index in [9.17, 15) is 9.59 Å². The van der Waals surface area contributed by atoms with Crippen LogP contribution in [0.3, 0.4) is 0 Å². The zero-order valence-corrected chi connectivity index (χ0v) is 16.0. The summed E-state index contributed by atoms with van der Waals surface area (Å²) in [6.45, 7) is 7.85. The minimum atomic E-state index is -0.332. The lowest BCUT2D eigenvalue weighted by Crippen LogP contribution is -2.34. The lowest BCUT2D eigenvalue weighted by atomic mass is 10.1. The average molecular weight is 366 g/mol. The van der Waals surface area contributed by atoms with E-state index in [1.54, 1.807) is 24.3 Å². The van der Waals surface area contributed by atoms with Gasteiger partial charge in [-0.15, -0.1) is 0 Å². The van der Waals surface area contributed by atoms with Crippen molar-refractivity contribution in [2.45, 2.75) is 33.2 Å². The maximum Gasteiger partial charge on any atom is 0.319 e. The van der Waals surface area contributed by atoms with Gasteiger partial charge in [-0.1, -0.05) is 18.2 Å². The Morgan fingerprint density at radius 3 is 2.63 bits per heavy atom. The van der Waals surface area contributed by atoms with Gasteiger partial charge in [0.25, 0.3) is 5.91 Å². The van der Waals surface area contributed by atoms with Crippen molar-refractivity contribution >= 4 is 29.0 Å². The first kappa shape index (κ1) is 18.8. The fourth-order valence-corrected chi connectivity index (χ4v) is 3.26. The van der Waals surface area contributed by atoms with Crippen LogP contribution in [0, 0.1) is 0 Å². The van der Waals surface area contributed by atoms with Crippen molar-refractivity contribution in [3.8, 4) is 0 Å². The number of rotatable bonds is 5. The Hall–Kier alpha value is -3.02. The molecule has 6 nitrogen and oxygen atoms in total. The molecule has 6 heteroatoms. The number of fused-ring (bicyclic) bond motifs is 1. The number of para-hydroxylation sites is 1. The van der Waals surface area contributed by atoms with E-state index in [2.05, 4.69) is 33.8 Å². The molecule has 1 heterocycles. The molecule has 1 aliphatic rings. The van der Waals surface area contributed by atoms with Crippen LogP contribution in [-0.2, 0) is 6.42 Å². The second kappa shape index (κ2) is 8.12.